The van der Waals surface area contributed by atoms with E-state index in [2.05, 4.69) is 16.0 Å². The van der Waals surface area contributed by atoms with Gasteiger partial charge in [-0.1, -0.05) is 6.07 Å². The Labute approximate surface area is 139 Å². The molecule has 24 heavy (non-hydrogen) atoms. The highest BCUT2D eigenvalue weighted by atomic mass is 16.5. The number of carbonyl (C=O) groups excluding carboxylic acids is 2. The molecule has 122 valence electrons. The number of rotatable bonds is 4. The Morgan fingerprint density at radius 1 is 1.04 bits per heavy atom. The first kappa shape index (κ1) is 16.8. The van der Waals surface area contributed by atoms with Crippen molar-refractivity contribution in [1.82, 2.24) is 0 Å². The van der Waals surface area contributed by atoms with Crippen molar-refractivity contribution in [3.8, 4) is 11.8 Å². The standard InChI is InChI=1S/C17H16N4O3/c1-11(22)19-15-7-6-14(9-16(15)24-2)21-17(23)20-13-5-3-4-12(8-13)10-18/h3-9H,1-2H3,(H,19,22)(H2,20,21,23). The van der Waals surface area contributed by atoms with Crippen LogP contribution in [0.2, 0.25) is 0 Å². The number of ether oxygens (including phenoxy) is 1. The van der Waals surface area contributed by atoms with Gasteiger partial charge in [-0.25, -0.2) is 4.79 Å². The van der Waals surface area contributed by atoms with Crippen LogP contribution in [0.4, 0.5) is 21.9 Å². The van der Waals surface area contributed by atoms with Crippen molar-refractivity contribution in [1.29, 1.82) is 5.26 Å². The van der Waals surface area contributed by atoms with Crippen molar-refractivity contribution in [3.05, 3.63) is 48.0 Å². The van der Waals surface area contributed by atoms with Crippen molar-refractivity contribution in [2.45, 2.75) is 6.92 Å². The molecule has 0 saturated heterocycles. The summed E-state index contributed by atoms with van der Waals surface area (Å²) in [5.74, 6) is 0.207. The number of nitriles is 1. The summed E-state index contributed by atoms with van der Waals surface area (Å²) in [7, 11) is 1.47. The molecule has 0 aliphatic carbocycles. The second kappa shape index (κ2) is 7.65. The highest BCUT2D eigenvalue weighted by Gasteiger charge is 2.08. The zero-order valence-electron chi connectivity index (χ0n) is 13.2. The molecule has 0 fully saturated rings. The summed E-state index contributed by atoms with van der Waals surface area (Å²) in [5.41, 5.74) is 1.97. The van der Waals surface area contributed by atoms with Gasteiger partial charge in [-0.05, 0) is 30.3 Å². The number of hydrogen-bond donors (Lipinski definition) is 3. The fraction of sp³-hybridized carbons (Fsp3) is 0.118. The Balaban J connectivity index is 2.08. The number of hydrogen-bond acceptors (Lipinski definition) is 4. The van der Waals surface area contributed by atoms with E-state index in [0.29, 0.717) is 28.4 Å². The van der Waals surface area contributed by atoms with Gasteiger partial charge in [0.05, 0.1) is 24.4 Å². The normalized spacial score (nSPS) is 9.54. The first-order valence-corrected chi connectivity index (χ1v) is 7.05. The molecule has 0 atom stereocenters. The highest BCUT2D eigenvalue weighted by Crippen LogP contribution is 2.28. The van der Waals surface area contributed by atoms with Gasteiger partial charge in [-0.2, -0.15) is 5.26 Å². The number of carbonyl (C=O) groups is 2. The summed E-state index contributed by atoms with van der Waals surface area (Å²) >= 11 is 0. The molecule has 0 saturated carbocycles. The molecule has 0 aliphatic heterocycles. The average Bonchev–Trinajstić information content (AvgIpc) is 2.55. The van der Waals surface area contributed by atoms with Crippen molar-refractivity contribution in [2.75, 3.05) is 23.1 Å². The van der Waals surface area contributed by atoms with Gasteiger partial charge in [0, 0.05) is 24.4 Å². The smallest absolute Gasteiger partial charge is 0.323 e. The van der Waals surface area contributed by atoms with Gasteiger partial charge in [0.25, 0.3) is 0 Å². The Morgan fingerprint density at radius 2 is 1.75 bits per heavy atom. The Kier molecular flexibility index (Phi) is 5.36. The number of amides is 3. The maximum absolute atomic E-state index is 12.0. The van der Waals surface area contributed by atoms with Crippen LogP contribution >= 0.6 is 0 Å². The lowest BCUT2D eigenvalue weighted by molar-refractivity contribution is -0.114. The molecule has 0 aliphatic rings. The molecule has 0 spiro atoms. The van der Waals surface area contributed by atoms with Crippen molar-refractivity contribution in [3.63, 3.8) is 0 Å². The van der Waals surface area contributed by atoms with E-state index in [4.69, 9.17) is 10.00 Å². The van der Waals surface area contributed by atoms with E-state index in [0.717, 1.165) is 0 Å². The van der Waals surface area contributed by atoms with E-state index < -0.39 is 6.03 Å². The summed E-state index contributed by atoms with van der Waals surface area (Å²) in [6, 6.07) is 13.0. The summed E-state index contributed by atoms with van der Waals surface area (Å²) in [4.78, 5) is 23.2. The molecule has 0 aromatic heterocycles. The molecule has 2 aromatic carbocycles. The maximum Gasteiger partial charge on any atom is 0.323 e. The molecule has 0 unspecified atom stereocenters. The summed E-state index contributed by atoms with van der Waals surface area (Å²) in [6.07, 6.45) is 0. The molecule has 3 amide bonds. The van der Waals surface area contributed by atoms with Gasteiger partial charge < -0.3 is 20.7 Å². The van der Waals surface area contributed by atoms with Crippen molar-refractivity contribution >= 4 is 29.0 Å². The number of anilines is 3. The number of benzene rings is 2. The summed E-state index contributed by atoms with van der Waals surface area (Å²) < 4.78 is 5.19. The Morgan fingerprint density at radius 3 is 2.38 bits per heavy atom. The minimum Gasteiger partial charge on any atom is -0.494 e. The summed E-state index contributed by atoms with van der Waals surface area (Å²) in [6.45, 7) is 1.40. The Hall–Kier alpha value is -3.53. The van der Waals surface area contributed by atoms with Gasteiger partial charge in [0.15, 0.2) is 0 Å². The lowest BCUT2D eigenvalue weighted by Gasteiger charge is -2.12. The van der Waals surface area contributed by atoms with Gasteiger partial charge in [-0.15, -0.1) is 0 Å². The van der Waals surface area contributed by atoms with Crippen LogP contribution in [0, 0.1) is 11.3 Å². The first-order chi connectivity index (χ1) is 11.5. The van der Waals surface area contributed by atoms with Crippen LogP contribution in [0.5, 0.6) is 5.75 Å². The first-order valence-electron chi connectivity index (χ1n) is 7.05. The highest BCUT2D eigenvalue weighted by molar-refractivity contribution is 6.00. The van der Waals surface area contributed by atoms with E-state index >= 15 is 0 Å². The van der Waals surface area contributed by atoms with Crippen LogP contribution in [0.15, 0.2) is 42.5 Å². The van der Waals surface area contributed by atoms with E-state index in [-0.39, 0.29) is 5.91 Å². The molecule has 0 heterocycles. The quantitative estimate of drug-likeness (QED) is 0.803. The average molecular weight is 324 g/mol. The monoisotopic (exact) mass is 324 g/mol. The molecule has 7 nitrogen and oxygen atoms in total. The fourth-order valence-electron chi connectivity index (χ4n) is 2.02. The van der Waals surface area contributed by atoms with E-state index in [1.807, 2.05) is 6.07 Å². The predicted molar refractivity (Wildman–Crippen MR) is 91.1 cm³/mol. The predicted octanol–water partition coefficient (Wildman–Crippen LogP) is 3.17. The number of methoxy groups -OCH3 is 1. The second-order valence-electron chi connectivity index (χ2n) is 4.87. The third-order valence-corrected chi connectivity index (χ3v) is 3.02. The molecule has 0 bridgehead atoms. The number of nitrogens with one attached hydrogen (secondary N) is 3. The maximum atomic E-state index is 12.0. The molecule has 2 aromatic rings. The van der Waals surface area contributed by atoms with Crippen LogP contribution in [-0.4, -0.2) is 19.0 Å². The third kappa shape index (κ3) is 4.48. The minimum absolute atomic E-state index is 0.218. The molecule has 7 heteroatoms. The van der Waals surface area contributed by atoms with E-state index in [1.54, 1.807) is 42.5 Å². The second-order valence-corrected chi connectivity index (χ2v) is 4.87. The molecular formula is C17H16N4O3. The number of nitrogens with zero attached hydrogens (tertiary/aromatic N) is 1. The van der Waals surface area contributed by atoms with Crippen molar-refractivity contribution in [2.24, 2.45) is 0 Å². The van der Waals surface area contributed by atoms with Gasteiger partial charge in [0.2, 0.25) is 5.91 Å². The van der Waals surface area contributed by atoms with Crippen LogP contribution < -0.4 is 20.7 Å². The molecule has 0 radical (unpaired) electrons. The minimum atomic E-state index is -0.459. The topological polar surface area (TPSA) is 103 Å². The van der Waals surface area contributed by atoms with Crippen molar-refractivity contribution < 1.29 is 14.3 Å². The lowest BCUT2D eigenvalue weighted by atomic mass is 10.2. The zero-order chi connectivity index (χ0) is 17.5. The summed E-state index contributed by atoms with van der Waals surface area (Å²) in [5, 5.41) is 16.8. The van der Waals surface area contributed by atoms with E-state index in [1.165, 1.54) is 14.0 Å². The fourth-order valence-corrected chi connectivity index (χ4v) is 2.02. The van der Waals surface area contributed by atoms with Crippen LogP contribution in [0.3, 0.4) is 0 Å². The van der Waals surface area contributed by atoms with Gasteiger partial charge in [-0.3, -0.25) is 4.79 Å². The van der Waals surface area contributed by atoms with E-state index in [9.17, 15) is 9.59 Å². The lowest BCUT2D eigenvalue weighted by Crippen LogP contribution is -2.19. The molecule has 2 rings (SSSR count). The van der Waals surface area contributed by atoms with Crippen LogP contribution in [-0.2, 0) is 4.79 Å². The third-order valence-electron chi connectivity index (χ3n) is 3.02. The van der Waals surface area contributed by atoms with Gasteiger partial charge in [0.1, 0.15) is 5.75 Å². The number of urea groups is 1. The van der Waals surface area contributed by atoms with Crippen LogP contribution in [0.1, 0.15) is 12.5 Å². The molecule has 3 N–H and O–H groups in total. The molecular weight excluding hydrogens is 308 g/mol. The van der Waals surface area contributed by atoms with Crippen LogP contribution in [0.25, 0.3) is 0 Å². The SMILES string of the molecule is COc1cc(NC(=O)Nc2cccc(C#N)c2)ccc1NC(C)=O. The van der Waals surface area contributed by atoms with Gasteiger partial charge >= 0.3 is 6.03 Å². The largest absolute Gasteiger partial charge is 0.494 e. The Bertz CT molecular complexity index is 812. The zero-order valence-corrected chi connectivity index (χ0v) is 13.2.